The Labute approximate surface area is 368 Å². The van der Waals surface area contributed by atoms with E-state index in [4.69, 9.17) is 15.0 Å². The van der Waals surface area contributed by atoms with E-state index in [1.807, 2.05) is 21.1 Å². The lowest BCUT2D eigenvalue weighted by Crippen LogP contribution is -2.27. The maximum Gasteiger partial charge on any atom is 0.156 e. The third-order valence-corrected chi connectivity index (χ3v) is 14.5. The number of hydrogen-bond acceptors (Lipinski definition) is 6. The molecule has 306 valence electrons. The van der Waals surface area contributed by atoms with Crippen molar-refractivity contribution in [1.29, 1.82) is 0 Å². The van der Waals surface area contributed by atoms with Crippen LogP contribution in [0.5, 0.6) is 0 Å². The number of fused-ring (bicyclic) bond motifs is 3. The van der Waals surface area contributed by atoms with Gasteiger partial charge in [0.2, 0.25) is 0 Å². The molecule has 7 rings (SSSR count). The molecule has 0 unspecified atom stereocenters. The average Bonchev–Trinajstić information content (AvgIpc) is 3.29. The van der Waals surface area contributed by atoms with Gasteiger partial charge in [-0.2, -0.15) is 0 Å². The zero-order valence-corrected chi connectivity index (χ0v) is 37.9. The van der Waals surface area contributed by atoms with Crippen molar-refractivity contribution in [3.63, 3.8) is 0 Å². The molecule has 0 aliphatic heterocycles. The van der Waals surface area contributed by atoms with Gasteiger partial charge in [-0.05, 0) is 103 Å². The molecule has 0 radical (unpaired) electrons. The molecule has 7 aromatic rings. The summed E-state index contributed by atoms with van der Waals surface area (Å²) in [7, 11) is 5.63. The van der Waals surface area contributed by atoms with Gasteiger partial charge in [-0.1, -0.05) is 163 Å². The minimum atomic E-state index is 0.669. The fourth-order valence-electron chi connectivity index (χ4n) is 7.95. The predicted molar refractivity (Wildman–Crippen MR) is 267 cm³/mol. The molecule has 0 fully saturated rings. The Morgan fingerprint density at radius 3 is 0.933 bits per heavy atom. The van der Waals surface area contributed by atoms with E-state index in [9.17, 15) is 0 Å². The number of nitrogens with one attached hydrogen (secondary N) is 3. The zero-order chi connectivity index (χ0) is 41.8. The van der Waals surface area contributed by atoms with E-state index in [2.05, 4.69) is 164 Å². The van der Waals surface area contributed by atoms with Crippen molar-refractivity contribution in [3.8, 4) is 0 Å². The van der Waals surface area contributed by atoms with E-state index in [0.29, 0.717) is 19.6 Å². The number of nitrogens with zero attached hydrogens (tertiary/aromatic N) is 3. The number of hydrogen-bond donors (Lipinski definition) is 3. The molecule has 3 N–H and O–H groups in total. The normalized spacial score (nSPS) is 12.4. The largest absolute Gasteiger partial charge is 0.361 e. The van der Waals surface area contributed by atoms with Crippen LogP contribution in [0.2, 0.25) is 0 Å². The van der Waals surface area contributed by atoms with Gasteiger partial charge in [0.05, 0.1) is 0 Å². The van der Waals surface area contributed by atoms with Crippen molar-refractivity contribution in [2.24, 2.45) is 15.0 Å². The van der Waals surface area contributed by atoms with Crippen LogP contribution in [0.4, 0.5) is 0 Å². The first-order valence-corrected chi connectivity index (χ1v) is 23.3. The molecule has 6 nitrogen and oxygen atoms in total. The molecule has 0 spiro atoms. The lowest BCUT2D eigenvalue weighted by atomic mass is 9.88. The minimum absolute atomic E-state index is 0.669. The molecule has 0 saturated carbocycles. The van der Waals surface area contributed by atoms with E-state index in [1.54, 1.807) is 35.3 Å². The van der Waals surface area contributed by atoms with Crippen LogP contribution in [0, 0.1) is 20.8 Å². The van der Waals surface area contributed by atoms with E-state index < -0.39 is 0 Å². The second kappa shape index (κ2) is 20.8. The van der Waals surface area contributed by atoms with E-state index in [0.717, 1.165) is 32.8 Å². The Morgan fingerprint density at radius 2 is 0.650 bits per heavy atom. The third kappa shape index (κ3) is 10.2. The Morgan fingerprint density at radius 1 is 0.383 bits per heavy atom. The van der Waals surface area contributed by atoms with Crippen LogP contribution in [0.25, 0.3) is 32.3 Å². The number of amidine groups is 3. The molecule has 7 aromatic carbocycles. The van der Waals surface area contributed by atoms with Gasteiger partial charge in [0, 0.05) is 58.0 Å². The predicted octanol–water partition coefficient (Wildman–Crippen LogP) is 12.1. The van der Waals surface area contributed by atoms with Crippen LogP contribution >= 0.6 is 35.3 Å². The highest BCUT2D eigenvalue weighted by atomic mass is 32.2. The van der Waals surface area contributed by atoms with Crippen molar-refractivity contribution in [2.45, 2.75) is 57.7 Å². The van der Waals surface area contributed by atoms with Crippen molar-refractivity contribution in [1.82, 2.24) is 16.0 Å². The summed E-state index contributed by atoms with van der Waals surface area (Å²) in [5, 5.41) is 21.6. The molecule has 0 aromatic heterocycles. The Balaban J connectivity index is 1.10. The number of benzene rings is 7. The summed E-state index contributed by atoms with van der Waals surface area (Å²) in [6, 6.07) is 45.4. The smallest absolute Gasteiger partial charge is 0.156 e. The molecule has 0 amide bonds. The fourth-order valence-corrected chi connectivity index (χ4v) is 10.5. The van der Waals surface area contributed by atoms with Crippen LogP contribution in [-0.4, -0.2) is 36.6 Å². The fraction of sp³-hybridized carbons (Fsp3) is 0.235. The van der Waals surface area contributed by atoms with E-state index in [-0.39, 0.29) is 0 Å². The third-order valence-electron chi connectivity index (χ3n) is 11.3. The molecule has 0 bridgehead atoms. The molecule has 60 heavy (non-hydrogen) atoms. The molecule has 0 aliphatic carbocycles. The molecular formula is C51H54N6S3. The molecule has 0 aliphatic rings. The van der Waals surface area contributed by atoms with Crippen LogP contribution in [-0.2, 0) is 36.9 Å². The summed E-state index contributed by atoms with van der Waals surface area (Å²) >= 11 is 5.26. The monoisotopic (exact) mass is 846 g/mol. The summed E-state index contributed by atoms with van der Waals surface area (Å²) < 4.78 is 0. The minimum Gasteiger partial charge on any atom is -0.361 e. The number of rotatable bonds is 12. The highest BCUT2D eigenvalue weighted by molar-refractivity contribution is 8.13. The van der Waals surface area contributed by atoms with Crippen molar-refractivity contribution in [2.75, 3.05) is 21.1 Å². The lowest BCUT2D eigenvalue weighted by Gasteiger charge is -2.24. The van der Waals surface area contributed by atoms with Crippen LogP contribution in [0.3, 0.4) is 0 Å². The van der Waals surface area contributed by atoms with E-state index in [1.165, 1.54) is 82.4 Å². The second-order valence-corrected chi connectivity index (χ2v) is 17.6. The average molecular weight is 847 g/mol. The highest BCUT2D eigenvalue weighted by Crippen LogP contribution is 2.30. The molecule has 0 heterocycles. The summed E-state index contributed by atoms with van der Waals surface area (Å²) in [5.74, 6) is 2.51. The SMILES string of the molecule is CN=C(NCc1c(C)c(CNC(=NC)SCc2cccc3ccccc23)c(C)c(CNC(=NC)SCc2cccc3ccccc23)c1C)SCc1cccc2ccccc12. The lowest BCUT2D eigenvalue weighted by molar-refractivity contribution is 0.830. The van der Waals surface area contributed by atoms with Gasteiger partial charge >= 0.3 is 0 Å². The molecular weight excluding hydrogens is 793 g/mol. The Kier molecular flexibility index (Phi) is 14.9. The molecule has 0 saturated heterocycles. The first kappa shape index (κ1) is 42.9. The van der Waals surface area contributed by atoms with Gasteiger partial charge in [-0.15, -0.1) is 0 Å². The van der Waals surface area contributed by atoms with Gasteiger partial charge < -0.3 is 16.0 Å². The van der Waals surface area contributed by atoms with Crippen LogP contribution in [0.15, 0.2) is 142 Å². The van der Waals surface area contributed by atoms with Crippen molar-refractivity contribution in [3.05, 3.63) is 177 Å². The zero-order valence-electron chi connectivity index (χ0n) is 35.4. The first-order valence-electron chi connectivity index (χ1n) is 20.4. The standard InChI is InChI=1S/C51H54N6S3/c1-34-46(28-55-49(52-4)58-31-40-22-13-19-37-16-7-10-25-43(37)40)35(2)48(30-57-51(54-6)60-33-42-24-15-21-39-18-9-12-27-45(39)42)36(3)47(34)29-56-50(53-5)59-32-41-23-14-20-38-17-8-11-26-44(38)41/h7-27H,28-33H2,1-6H3,(H,52,55)(H,53,56)(H,54,57). The molecule has 0 atom stereocenters. The van der Waals surface area contributed by atoms with Crippen molar-refractivity contribution >= 4 is 83.1 Å². The van der Waals surface area contributed by atoms with Crippen LogP contribution < -0.4 is 16.0 Å². The first-order chi connectivity index (χ1) is 29.4. The summed E-state index contributed by atoms with van der Waals surface area (Å²) in [5.41, 5.74) is 11.7. The Hall–Kier alpha value is -5.22. The summed E-state index contributed by atoms with van der Waals surface area (Å²) in [6.07, 6.45) is 0. The number of aliphatic imine (C=N–C) groups is 3. The Bertz CT molecular complexity index is 2370. The van der Waals surface area contributed by atoms with Gasteiger partial charge in [0.25, 0.3) is 0 Å². The topological polar surface area (TPSA) is 73.2 Å². The second-order valence-electron chi connectivity index (χ2n) is 14.7. The highest BCUT2D eigenvalue weighted by Gasteiger charge is 2.19. The van der Waals surface area contributed by atoms with Gasteiger partial charge in [-0.25, -0.2) is 0 Å². The van der Waals surface area contributed by atoms with Crippen molar-refractivity contribution < 1.29 is 0 Å². The number of thioether (sulfide) groups is 3. The summed E-state index contributed by atoms with van der Waals surface area (Å²) in [6.45, 7) is 8.81. The maximum atomic E-state index is 4.70. The van der Waals surface area contributed by atoms with Gasteiger partial charge in [0.15, 0.2) is 15.5 Å². The quantitative estimate of drug-likeness (QED) is 0.0840. The summed E-state index contributed by atoms with van der Waals surface area (Å²) in [4.78, 5) is 14.1. The van der Waals surface area contributed by atoms with Gasteiger partial charge in [0.1, 0.15) is 0 Å². The van der Waals surface area contributed by atoms with E-state index >= 15 is 0 Å². The van der Waals surface area contributed by atoms with Crippen LogP contribution in [0.1, 0.15) is 50.1 Å². The maximum absolute atomic E-state index is 4.70. The molecule has 9 heteroatoms. The van der Waals surface area contributed by atoms with Gasteiger partial charge in [-0.3, -0.25) is 15.0 Å².